The maximum Gasteiger partial charge on any atom is 0.301 e. The summed E-state index contributed by atoms with van der Waals surface area (Å²) < 4.78 is 28.8. The number of nitrogens with one attached hydrogen (secondary N) is 1. The third-order valence-electron chi connectivity index (χ3n) is 3.26. The summed E-state index contributed by atoms with van der Waals surface area (Å²) in [6, 6.07) is 7.14. The lowest BCUT2D eigenvalue weighted by molar-refractivity contribution is 0.343. The fourth-order valence-electron chi connectivity index (χ4n) is 2.22. The van der Waals surface area contributed by atoms with Crippen LogP contribution in [0.15, 0.2) is 30.3 Å². The number of aliphatic hydroxyl groups excluding tert-OH is 1. The normalized spacial score (nSPS) is 17.4. The van der Waals surface area contributed by atoms with Gasteiger partial charge >= 0.3 is 10.2 Å². The van der Waals surface area contributed by atoms with Gasteiger partial charge in [-0.3, -0.25) is 4.72 Å². The molecular weight excluding hydrogens is 276 g/mol. The fraction of sp³-hybridized carbons (Fsp3) is 0.429. The van der Waals surface area contributed by atoms with Crippen LogP contribution in [-0.4, -0.2) is 37.5 Å². The molecule has 1 aromatic carbocycles. The first-order chi connectivity index (χ1) is 9.63. The summed E-state index contributed by atoms with van der Waals surface area (Å²) >= 11 is 0. The van der Waals surface area contributed by atoms with Gasteiger partial charge in [0.25, 0.3) is 0 Å². The Balaban J connectivity index is 2.18. The molecule has 2 N–H and O–H groups in total. The van der Waals surface area contributed by atoms with Crippen LogP contribution in [0.4, 0.5) is 5.69 Å². The van der Waals surface area contributed by atoms with E-state index in [1.807, 2.05) is 6.07 Å². The van der Waals surface area contributed by atoms with Crippen LogP contribution in [0.2, 0.25) is 0 Å². The maximum atomic E-state index is 12.3. The molecule has 0 atom stereocenters. The van der Waals surface area contributed by atoms with Crippen LogP contribution >= 0.6 is 0 Å². The number of hydrogen-bond donors (Lipinski definition) is 2. The zero-order chi connectivity index (χ0) is 14.4. The number of piperidine rings is 1. The van der Waals surface area contributed by atoms with Gasteiger partial charge in [0.05, 0.1) is 12.3 Å². The van der Waals surface area contributed by atoms with E-state index in [2.05, 4.69) is 4.72 Å². The zero-order valence-electron chi connectivity index (χ0n) is 11.3. The number of rotatable bonds is 5. The van der Waals surface area contributed by atoms with Crippen LogP contribution < -0.4 is 4.72 Å². The minimum Gasteiger partial charge on any atom is -0.392 e. The molecule has 0 radical (unpaired) electrons. The number of aliphatic hydroxyl groups is 1. The predicted octanol–water partition coefficient (Wildman–Crippen LogP) is 1.83. The van der Waals surface area contributed by atoms with E-state index >= 15 is 0 Å². The summed E-state index contributed by atoms with van der Waals surface area (Å²) in [6.07, 6.45) is 6.18. The molecule has 110 valence electrons. The van der Waals surface area contributed by atoms with Crippen molar-refractivity contribution in [2.75, 3.05) is 24.4 Å². The second kappa shape index (κ2) is 6.88. The fourth-order valence-corrected chi connectivity index (χ4v) is 3.56. The van der Waals surface area contributed by atoms with E-state index in [0.717, 1.165) is 24.8 Å². The average molecular weight is 296 g/mol. The summed E-state index contributed by atoms with van der Waals surface area (Å²) in [6.45, 7) is 1.07. The minimum atomic E-state index is -3.50. The number of benzene rings is 1. The third kappa shape index (κ3) is 3.82. The zero-order valence-corrected chi connectivity index (χ0v) is 12.1. The van der Waals surface area contributed by atoms with Gasteiger partial charge in [-0.1, -0.05) is 36.8 Å². The van der Waals surface area contributed by atoms with Crippen molar-refractivity contribution in [1.82, 2.24) is 4.31 Å². The van der Waals surface area contributed by atoms with E-state index in [-0.39, 0.29) is 6.61 Å². The molecule has 1 heterocycles. The Morgan fingerprint density at radius 1 is 1.20 bits per heavy atom. The van der Waals surface area contributed by atoms with Crippen LogP contribution in [0, 0.1) is 0 Å². The van der Waals surface area contributed by atoms with Crippen LogP contribution in [0.25, 0.3) is 6.08 Å². The molecule has 5 nitrogen and oxygen atoms in total. The Labute approximate surface area is 120 Å². The molecule has 20 heavy (non-hydrogen) atoms. The van der Waals surface area contributed by atoms with Gasteiger partial charge in [-0.05, 0) is 24.5 Å². The lowest BCUT2D eigenvalue weighted by atomic mass is 10.2. The topological polar surface area (TPSA) is 69.6 Å². The van der Waals surface area contributed by atoms with Crippen LogP contribution in [0.1, 0.15) is 24.8 Å². The summed E-state index contributed by atoms with van der Waals surface area (Å²) in [5.41, 5.74) is 1.27. The van der Waals surface area contributed by atoms with Crippen molar-refractivity contribution in [3.05, 3.63) is 35.9 Å². The molecule has 0 spiro atoms. The molecule has 0 unspecified atom stereocenters. The smallest absolute Gasteiger partial charge is 0.301 e. The monoisotopic (exact) mass is 296 g/mol. The van der Waals surface area contributed by atoms with Crippen molar-refractivity contribution in [2.24, 2.45) is 0 Å². The van der Waals surface area contributed by atoms with Crippen molar-refractivity contribution >= 4 is 22.0 Å². The highest BCUT2D eigenvalue weighted by molar-refractivity contribution is 7.90. The first kappa shape index (κ1) is 15.0. The van der Waals surface area contributed by atoms with Gasteiger partial charge < -0.3 is 5.11 Å². The molecule has 1 aromatic rings. The van der Waals surface area contributed by atoms with E-state index in [1.165, 1.54) is 4.31 Å². The van der Waals surface area contributed by atoms with Crippen LogP contribution in [-0.2, 0) is 10.2 Å². The van der Waals surface area contributed by atoms with Crippen molar-refractivity contribution in [3.63, 3.8) is 0 Å². The SMILES string of the molecule is O=S(=O)(Nc1ccccc1/C=C/CO)N1CCCCC1. The standard InChI is InChI=1S/C14H20N2O3S/c17-12-6-8-13-7-2-3-9-14(13)15-20(18,19)16-10-4-1-5-11-16/h2-3,6-9,15,17H,1,4-5,10-12H2/b8-6+. The van der Waals surface area contributed by atoms with Gasteiger partial charge in [-0.15, -0.1) is 0 Å². The molecule has 1 saturated heterocycles. The number of nitrogens with zero attached hydrogens (tertiary/aromatic N) is 1. The molecule has 2 rings (SSSR count). The lowest BCUT2D eigenvalue weighted by Crippen LogP contribution is -2.39. The molecule has 1 aliphatic heterocycles. The molecule has 6 heteroatoms. The summed E-state index contributed by atoms with van der Waals surface area (Å²) in [4.78, 5) is 0. The Hall–Kier alpha value is -1.37. The van der Waals surface area contributed by atoms with Crippen molar-refractivity contribution in [2.45, 2.75) is 19.3 Å². The first-order valence-electron chi connectivity index (χ1n) is 6.78. The third-order valence-corrected chi connectivity index (χ3v) is 4.78. The molecule has 0 aliphatic carbocycles. The number of para-hydroxylation sites is 1. The summed E-state index contributed by atoms with van der Waals surface area (Å²) in [5.74, 6) is 0. The van der Waals surface area contributed by atoms with E-state index in [4.69, 9.17) is 5.11 Å². The Kier molecular flexibility index (Phi) is 5.17. The largest absolute Gasteiger partial charge is 0.392 e. The lowest BCUT2D eigenvalue weighted by Gasteiger charge is -2.26. The number of anilines is 1. The van der Waals surface area contributed by atoms with Gasteiger partial charge in [0.2, 0.25) is 0 Å². The van der Waals surface area contributed by atoms with E-state index < -0.39 is 10.2 Å². The Morgan fingerprint density at radius 2 is 1.90 bits per heavy atom. The molecule has 0 amide bonds. The summed E-state index contributed by atoms with van der Waals surface area (Å²) in [7, 11) is -3.50. The minimum absolute atomic E-state index is 0.0762. The molecule has 0 saturated carbocycles. The van der Waals surface area contributed by atoms with Crippen LogP contribution in [0.3, 0.4) is 0 Å². The van der Waals surface area contributed by atoms with Crippen molar-refractivity contribution in [1.29, 1.82) is 0 Å². The Morgan fingerprint density at radius 3 is 2.60 bits per heavy atom. The van der Waals surface area contributed by atoms with E-state index in [0.29, 0.717) is 18.8 Å². The number of hydrogen-bond acceptors (Lipinski definition) is 3. The molecule has 0 bridgehead atoms. The molecular formula is C14H20N2O3S. The van der Waals surface area contributed by atoms with Gasteiger partial charge in [0.15, 0.2) is 0 Å². The molecule has 1 fully saturated rings. The summed E-state index contributed by atoms with van der Waals surface area (Å²) in [5, 5.41) is 8.82. The maximum absolute atomic E-state index is 12.3. The average Bonchev–Trinajstić information content (AvgIpc) is 2.47. The van der Waals surface area contributed by atoms with Crippen molar-refractivity contribution in [3.8, 4) is 0 Å². The van der Waals surface area contributed by atoms with Crippen molar-refractivity contribution < 1.29 is 13.5 Å². The highest BCUT2D eigenvalue weighted by Gasteiger charge is 2.24. The predicted molar refractivity (Wildman–Crippen MR) is 80.5 cm³/mol. The molecule has 1 aliphatic rings. The van der Waals surface area contributed by atoms with Gasteiger partial charge in [-0.2, -0.15) is 12.7 Å². The molecule has 0 aromatic heterocycles. The Bertz CT molecular complexity index is 564. The van der Waals surface area contributed by atoms with E-state index in [9.17, 15) is 8.42 Å². The van der Waals surface area contributed by atoms with Gasteiger partial charge in [-0.25, -0.2) is 0 Å². The highest BCUT2D eigenvalue weighted by atomic mass is 32.2. The van der Waals surface area contributed by atoms with Crippen LogP contribution in [0.5, 0.6) is 0 Å². The second-order valence-corrected chi connectivity index (χ2v) is 6.41. The first-order valence-corrected chi connectivity index (χ1v) is 8.22. The highest BCUT2D eigenvalue weighted by Crippen LogP contribution is 2.21. The van der Waals surface area contributed by atoms with E-state index in [1.54, 1.807) is 30.4 Å². The van der Waals surface area contributed by atoms with Gasteiger partial charge in [0, 0.05) is 13.1 Å². The second-order valence-electron chi connectivity index (χ2n) is 4.74. The van der Waals surface area contributed by atoms with Gasteiger partial charge in [0.1, 0.15) is 0 Å². The quantitative estimate of drug-likeness (QED) is 0.871.